The lowest BCUT2D eigenvalue weighted by Crippen LogP contribution is -2.48. The number of esters is 1. The van der Waals surface area contributed by atoms with Crippen LogP contribution in [0, 0.1) is 17.8 Å². The van der Waals surface area contributed by atoms with Gasteiger partial charge in [0, 0.05) is 0 Å². The number of ether oxygens (including phenoxy) is 1. The van der Waals surface area contributed by atoms with Crippen LogP contribution >= 0.6 is 0 Å². The SMILES string of the molecule is CCC(C)(N)C(=O)OC1CC(C)CCC1C(C)C. The molecule has 2 N–H and O–H groups in total. The van der Waals surface area contributed by atoms with Gasteiger partial charge in [-0.2, -0.15) is 0 Å². The van der Waals surface area contributed by atoms with Crippen LogP contribution in [0.25, 0.3) is 0 Å². The van der Waals surface area contributed by atoms with Crippen molar-refractivity contribution in [3.8, 4) is 0 Å². The van der Waals surface area contributed by atoms with Crippen molar-refractivity contribution in [2.24, 2.45) is 23.5 Å². The fourth-order valence-electron chi connectivity index (χ4n) is 2.67. The van der Waals surface area contributed by atoms with E-state index in [-0.39, 0.29) is 12.1 Å². The highest BCUT2D eigenvalue weighted by Crippen LogP contribution is 2.35. The summed E-state index contributed by atoms with van der Waals surface area (Å²) in [4.78, 5) is 12.1. The molecule has 0 aromatic rings. The van der Waals surface area contributed by atoms with Gasteiger partial charge in [0.2, 0.25) is 0 Å². The predicted octanol–water partition coefficient (Wildman–Crippen LogP) is 3.12. The van der Waals surface area contributed by atoms with Crippen molar-refractivity contribution in [3.63, 3.8) is 0 Å². The van der Waals surface area contributed by atoms with E-state index in [2.05, 4.69) is 20.8 Å². The van der Waals surface area contributed by atoms with Crippen molar-refractivity contribution in [1.29, 1.82) is 0 Å². The average Bonchev–Trinajstić information content (AvgIpc) is 2.28. The molecule has 0 aromatic heterocycles. The molecule has 1 saturated carbocycles. The smallest absolute Gasteiger partial charge is 0.326 e. The summed E-state index contributed by atoms with van der Waals surface area (Å²) < 4.78 is 5.73. The Morgan fingerprint density at radius 1 is 1.44 bits per heavy atom. The summed E-state index contributed by atoms with van der Waals surface area (Å²) in [5.41, 5.74) is 5.11. The number of nitrogens with two attached hydrogens (primary N) is 1. The molecule has 4 unspecified atom stereocenters. The van der Waals surface area contributed by atoms with Crippen LogP contribution in [0.5, 0.6) is 0 Å². The van der Waals surface area contributed by atoms with Gasteiger partial charge in [0.1, 0.15) is 11.6 Å². The van der Waals surface area contributed by atoms with Crippen LogP contribution in [0.3, 0.4) is 0 Å². The molecule has 1 aliphatic rings. The largest absolute Gasteiger partial charge is 0.461 e. The molecule has 0 saturated heterocycles. The molecule has 0 heterocycles. The molecule has 0 spiro atoms. The maximum Gasteiger partial charge on any atom is 0.326 e. The number of carbonyl (C=O) groups excluding carboxylic acids is 1. The Hall–Kier alpha value is -0.570. The highest BCUT2D eigenvalue weighted by atomic mass is 16.5. The van der Waals surface area contributed by atoms with Gasteiger partial charge in [-0.3, -0.25) is 4.79 Å². The lowest BCUT2D eigenvalue weighted by molar-refractivity contribution is -0.162. The molecule has 106 valence electrons. The van der Waals surface area contributed by atoms with Crippen LogP contribution in [0.4, 0.5) is 0 Å². The summed E-state index contributed by atoms with van der Waals surface area (Å²) in [7, 11) is 0. The molecule has 0 radical (unpaired) electrons. The van der Waals surface area contributed by atoms with Gasteiger partial charge in [0.25, 0.3) is 0 Å². The zero-order valence-electron chi connectivity index (χ0n) is 12.5. The Kier molecular flexibility index (Phi) is 5.20. The van der Waals surface area contributed by atoms with E-state index >= 15 is 0 Å². The minimum atomic E-state index is -0.845. The topological polar surface area (TPSA) is 52.3 Å². The van der Waals surface area contributed by atoms with Gasteiger partial charge in [-0.25, -0.2) is 0 Å². The van der Waals surface area contributed by atoms with Crippen LogP contribution in [0.2, 0.25) is 0 Å². The zero-order valence-corrected chi connectivity index (χ0v) is 12.5. The van der Waals surface area contributed by atoms with Crippen molar-refractivity contribution >= 4 is 5.97 Å². The van der Waals surface area contributed by atoms with Crippen LogP contribution < -0.4 is 5.73 Å². The fraction of sp³-hybridized carbons (Fsp3) is 0.933. The van der Waals surface area contributed by atoms with E-state index in [1.807, 2.05) is 6.92 Å². The fourth-order valence-corrected chi connectivity index (χ4v) is 2.67. The van der Waals surface area contributed by atoms with Crippen molar-refractivity contribution in [2.75, 3.05) is 0 Å². The standard InChI is InChI=1S/C15H29NO2/c1-6-15(5,16)14(17)18-13-9-11(4)7-8-12(13)10(2)3/h10-13H,6-9,16H2,1-5H3. The lowest BCUT2D eigenvalue weighted by Gasteiger charge is -2.38. The van der Waals surface area contributed by atoms with Gasteiger partial charge in [0.05, 0.1) is 0 Å². The van der Waals surface area contributed by atoms with E-state index in [1.54, 1.807) is 6.92 Å². The monoisotopic (exact) mass is 255 g/mol. The summed E-state index contributed by atoms with van der Waals surface area (Å²) in [6.45, 7) is 10.3. The molecule has 0 aromatic carbocycles. The second-order valence-electron chi connectivity index (χ2n) is 6.54. The van der Waals surface area contributed by atoms with E-state index in [4.69, 9.17) is 10.5 Å². The van der Waals surface area contributed by atoms with Crippen molar-refractivity contribution < 1.29 is 9.53 Å². The van der Waals surface area contributed by atoms with Gasteiger partial charge < -0.3 is 10.5 Å². The van der Waals surface area contributed by atoms with E-state index < -0.39 is 5.54 Å². The molecule has 18 heavy (non-hydrogen) atoms. The molecule has 1 fully saturated rings. The number of rotatable bonds is 4. The van der Waals surface area contributed by atoms with E-state index in [0.717, 1.165) is 12.8 Å². The van der Waals surface area contributed by atoms with Gasteiger partial charge in [-0.1, -0.05) is 34.1 Å². The second-order valence-corrected chi connectivity index (χ2v) is 6.54. The molecular weight excluding hydrogens is 226 g/mol. The quantitative estimate of drug-likeness (QED) is 0.785. The van der Waals surface area contributed by atoms with Crippen molar-refractivity contribution in [3.05, 3.63) is 0 Å². The molecule has 3 nitrogen and oxygen atoms in total. The molecule has 0 aliphatic heterocycles. The van der Waals surface area contributed by atoms with Crippen molar-refractivity contribution in [2.45, 2.75) is 71.9 Å². The van der Waals surface area contributed by atoms with Gasteiger partial charge in [0.15, 0.2) is 0 Å². The predicted molar refractivity (Wildman–Crippen MR) is 74.1 cm³/mol. The van der Waals surface area contributed by atoms with Crippen LogP contribution in [-0.4, -0.2) is 17.6 Å². The molecular formula is C15H29NO2. The first-order chi connectivity index (χ1) is 8.27. The average molecular weight is 255 g/mol. The zero-order chi connectivity index (χ0) is 13.9. The molecule has 3 heteroatoms. The lowest BCUT2D eigenvalue weighted by atomic mass is 9.75. The van der Waals surface area contributed by atoms with E-state index in [9.17, 15) is 4.79 Å². The van der Waals surface area contributed by atoms with Gasteiger partial charge in [-0.05, 0) is 43.9 Å². The third kappa shape index (κ3) is 3.71. The summed E-state index contributed by atoms with van der Waals surface area (Å²) in [5, 5.41) is 0. The Morgan fingerprint density at radius 2 is 2.06 bits per heavy atom. The third-order valence-corrected chi connectivity index (χ3v) is 4.42. The maximum absolute atomic E-state index is 12.1. The third-order valence-electron chi connectivity index (χ3n) is 4.42. The van der Waals surface area contributed by atoms with Gasteiger partial charge in [-0.15, -0.1) is 0 Å². The summed E-state index contributed by atoms with van der Waals surface area (Å²) in [6, 6.07) is 0. The summed E-state index contributed by atoms with van der Waals surface area (Å²) in [5.74, 6) is 1.44. The van der Waals surface area contributed by atoms with Crippen LogP contribution in [0.1, 0.15) is 60.3 Å². The first kappa shape index (κ1) is 15.5. The van der Waals surface area contributed by atoms with E-state index in [0.29, 0.717) is 24.2 Å². The van der Waals surface area contributed by atoms with E-state index in [1.165, 1.54) is 6.42 Å². The van der Waals surface area contributed by atoms with Gasteiger partial charge >= 0.3 is 5.97 Å². The Morgan fingerprint density at radius 3 is 2.56 bits per heavy atom. The summed E-state index contributed by atoms with van der Waals surface area (Å²) in [6.07, 6.45) is 4.04. The molecule has 1 aliphatic carbocycles. The summed E-state index contributed by atoms with van der Waals surface area (Å²) >= 11 is 0. The Labute approximate surface area is 111 Å². The molecule has 0 amide bonds. The second kappa shape index (κ2) is 6.05. The highest BCUT2D eigenvalue weighted by molar-refractivity contribution is 5.80. The Balaban J connectivity index is 2.69. The Bertz CT molecular complexity index is 286. The number of carbonyl (C=O) groups is 1. The molecule has 4 atom stereocenters. The molecule has 1 rings (SSSR count). The van der Waals surface area contributed by atoms with Crippen LogP contribution in [-0.2, 0) is 9.53 Å². The maximum atomic E-state index is 12.1. The minimum absolute atomic E-state index is 0.0516. The highest BCUT2D eigenvalue weighted by Gasteiger charge is 2.37. The first-order valence-corrected chi connectivity index (χ1v) is 7.27. The first-order valence-electron chi connectivity index (χ1n) is 7.27. The normalized spacial score (nSPS) is 32.1. The number of hydrogen-bond donors (Lipinski definition) is 1. The molecule has 0 bridgehead atoms. The van der Waals surface area contributed by atoms with Crippen molar-refractivity contribution in [1.82, 2.24) is 0 Å². The minimum Gasteiger partial charge on any atom is -0.461 e. The van der Waals surface area contributed by atoms with Crippen LogP contribution in [0.15, 0.2) is 0 Å². The number of hydrogen-bond acceptors (Lipinski definition) is 3.